The van der Waals surface area contributed by atoms with Gasteiger partial charge in [-0.3, -0.25) is 38.5 Å². The lowest BCUT2D eigenvalue weighted by Crippen LogP contribution is -2.39. The summed E-state index contributed by atoms with van der Waals surface area (Å²) >= 11 is 5.29. The highest BCUT2D eigenvalue weighted by Crippen LogP contribution is 2.33. The summed E-state index contributed by atoms with van der Waals surface area (Å²) in [5.41, 5.74) is 0. The predicted molar refractivity (Wildman–Crippen MR) is 257 cm³/mol. The molecule has 23 heteroatoms. The average Bonchev–Trinajstić information content (AvgIpc) is 3.72. The third-order valence-corrected chi connectivity index (χ3v) is 14.5. The molecule has 368 valence electrons. The molecular formula is C41H68N2O15S6. The third-order valence-electron chi connectivity index (χ3n) is 9.61. The lowest BCUT2D eigenvalue weighted by atomic mass is 9.82. The summed E-state index contributed by atoms with van der Waals surface area (Å²) in [4.78, 5) is 110. The van der Waals surface area contributed by atoms with Gasteiger partial charge in [-0.1, -0.05) is 43.2 Å². The zero-order chi connectivity index (χ0) is 48.8. The summed E-state index contributed by atoms with van der Waals surface area (Å²) in [5.74, 6) is -0.119. The Morgan fingerprint density at radius 1 is 0.672 bits per heavy atom. The number of carbonyl (C=O) groups excluding carboxylic acids is 8. The van der Waals surface area contributed by atoms with Crippen LogP contribution < -0.4 is 0 Å². The number of carboxylic acid groups (broad SMARTS) is 1. The highest BCUT2D eigenvalue weighted by atomic mass is 33.1. The first-order chi connectivity index (χ1) is 30.2. The molecule has 0 aromatic carbocycles. The van der Waals surface area contributed by atoms with Crippen LogP contribution in [0.1, 0.15) is 93.4 Å². The summed E-state index contributed by atoms with van der Waals surface area (Å²) in [7, 11) is 6.77. The van der Waals surface area contributed by atoms with E-state index < -0.39 is 47.1 Å². The van der Waals surface area contributed by atoms with Gasteiger partial charge in [0.15, 0.2) is 23.5 Å². The number of Topliss-reactive ketones (excluding diaryl/α,β-unsaturated/α-hetero) is 3. The van der Waals surface area contributed by atoms with Crippen LogP contribution in [0.3, 0.4) is 0 Å². The van der Waals surface area contributed by atoms with Gasteiger partial charge in [0, 0.05) is 48.8 Å². The van der Waals surface area contributed by atoms with Crippen molar-refractivity contribution in [2.24, 2.45) is 11.8 Å². The van der Waals surface area contributed by atoms with E-state index in [0.29, 0.717) is 75.2 Å². The quantitative estimate of drug-likeness (QED) is 0.0462. The topological polar surface area (TPSA) is 226 Å². The summed E-state index contributed by atoms with van der Waals surface area (Å²) in [6, 6.07) is 0. The van der Waals surface area contributed by atoms with Crippen LogP contribution in [0.15, 0.2) is 0 Å². The van der Waals surface area contributed by atoms with Crippen LogP contribution in [0.5, 0.6) is 0 Å². The minimum Gasteiger partial charge on any atom is -0.479 e. The molecule has 2 aliphatic heterocycles. The first-order valence-corrected chi connectivity index (χ1v) is 28.0. The molecule has 64 heavy (non-hydrogen) atoms. The lowest BCUT2D eigenvalue weighted by Gasteiger charge is -2.30. The summed E-state index contributed by atoms with van der Waals surface area (Å²) in [6.07, 6.45) is 4.93. The van der Waals surface area contributed by atoms with Crippen LogP contribution in [-0.2, 0) is 66.9 Å². The van der Waals surface area contributed by atoms with Gasteiger partial charge in [0.05, 0.1) is 37.6 Å². The van der Waals surface area contributed by atoms with Crippen LogP contribution >= 0.6 is 67.6 Å². The molecule has 3 aliphatic rings. The minimum atomic E-state index is -0.904. The Morgan fingerprint density at radius 2 is 1.11 bits per heavy atom. The number of carbonyl (C=O) groups is 9. The van der Waals surface area contributed by atoms with E-state index in [4.69, 9.17) is 28.9 Å². The Balaban J connectivity index is 0.00000104. The molecule has 1 unspecified atom stereocenters. The second kappa shape index (κ2) is 36.2. The second-order valence-electron chi connectivity index (χ2n) is 14.5. The number of thiol groups is 1. The number of likely N-dealkylation sites (tertiary alicyclic amines) is 1. The van der Waals surface area contributed by atoms with Crippen molar-refractivity contribution < 1.29 is 72.0 Å². The number of aliphatic carboxylic acids is 1. The molecule has 1 N–H and O–H groups in total. The van der Waals surface area contributed by atoms with Crippen LogP contribution in [0, 0.1) is 11.8 Å². The predicted octanol–water partition coefficient (Wildman–Crippen LogP) is 5.64. The highest BCUT2D eigenvalue weighted by Gasteiger charge is 2.41. The van der Waals surface area contributed by atoms with E-state index in [9.17, 15) is 43.2 Å². The van der Waals surface area contributed by atoms with E-state index in [2.05, 4.69) is 12.6 Å². The van der Waals surface area contributed by atoms with Crippen LogP contribution in [0.2, 0.25) is 0 Å². The zero-order valence-electron chi connectivity index (χ0n) is 38.4. The van der Waals surface area contributed by atoms with Gasteiger partial charge >= 0.3 is 11.9 Å². The monoisotopic (exact) mass is 1020 g/mol. The molecular weight excluding hydrogens is 953 g/mol. The van der Waals surface area contributed by atoms with Gasteiger partial charge in [0.2, 0.25) is 11.8 Å². The fraction of sp³-hybridized carbons (Fsp3) is 0.780. The van der Waals surface area contributed by atoms with E-state index in [-0.39, 0.29) is 66.6 Å². The maximum Gasteiger partial charge on any atom is 0.336 e. The first kappa shape index (κ1) is 62.2. The Hall–Kier alpha value is -1.83. The fourth-order valence-electron chi connectivity index (χ4n) is 5.39. The van der Waals surface area contributed by atoms with Crippen molar-refractivity contribution in [3.63, 3.8) is 0 Å². The minimum absolute atomic E-state index is 0.0561. The number of carboxylic acids is 1. The van der Waals surface area contributed by atoms with Gasteiger partial charge in [-0.15, -0.1) is 16.8 Å². The van der Waals surface area contributed by atoms with Crippen molar-refractivity contribution in [1.29, 1.82) is 0 Å². The molecule has 2 saturated heterocycles. The maximum atomic E-state index is 12.7. The van der Waals surface area contributed by atoms with Gasteiger partial charge in [-0.2, -0.15) is 12.6 Å². The second-order valence-corrected chi connectivity index (χ2v) is 21.7. The number of hydroxylamine groups is 2. The third kappa shape index (κ3) is 27.1. The van der Waals surface area contributed by atoms with Gasteiger partial charge in [0.25, 0.3) is 11.8 Å². The van der Waals surface area contributed by atoms with Crippen molar-refractivity contribution in [3.8, 4) is 0 Å². The van der Waals surface area contributed by atoms with Crippen molar-refractivity contribution in [2.45, 2.75) is 123 Å². The Labute approximate surface area is 403 Å². The van der Waals surface area contributed by atoms with Crippen LogP contribution in [-0.4, -0.2) is 166 Å². The van der Waals surface area contributed by atoms with E-state index >= 15 is 0 Å². The number of rotatable bonds is 26. The number of hydrogen-bond donors (Lipinski definition) is 2. The standard InChI is InChI=1S/C22H30N2O8S.C7H14O2S2.C6H12O3S2.C6H12O2S/c1-13(25)14(2)31-9-10-33-17-11-20(28)23(21(17)29)12-15-3-5-16(6-4-15)22(30)32-24-18(26)7-8-19(24)27;1-6(8)7(2)9-4-5-11-10-3;1-5(6(7)8)9-3-4-11-10-2;1-5(7)6(2)8-3-4-9/h14-17H,3-12H2,1-2H3;7H,4-5H2,1-3H3;5H,3-4H2,1-2H3,(H,7,8);6,9H,3-4H2,1-2H3/t14-,15?,16?,17?;7-;5-;6-/m0000/s1. The summed E-state index contributed by atoms with van der Waals surface area (Å²) < 4.78 is 20.6. The molecule has 3 fully saturated rings. The summed E-state index contributed by atoms with van der Waals surface area (Å²) in [6.45, 7) is 13.6. The van der Waals surface area contributed by atoms with E-state index in [1.807, 2.05) is 12.5 Å². The zero-order valence-corrected chi connectivity index (χ0v) is 43.4. The van der Waals surface area contributed by atoms with E-state index in [1.54, 1.807) is 70.9 Å². The highest BCUT2D eigenvalue weighted by molar-refractivity contribution is 8.76. The molecule has 0 spiro atoms. The summed E-state index contributed by atoms with van der Waals surface area (Å²) in [5, 5.41) is 8.54. The van der Waals surface area contributed by atoms with Crippen molar-refractivity contribution in [3.05, 3.63) is 0 Å². The van der Waals surface area contributed by atoms with E-state index in [0.717, 1.165) is 11.5 Å². The molecule has 1 aliphatic carbocycles. The number of imide groups is 2. The normalized spacial score (nSPS) is 20.1. The maximum absolute atomic E-state index is 12.7. The molecule has 5 atom stereocenters. The molecule has 2 heterocycles. The Kier molecular flexibility index (Phi) is 35.2. The molecule has 1 saturated carbocycles. The number of hydrogen-bond acceptors (Lipinski definition) is 20. The Morgan fingerprint density at radius 3 is 1.53 bits per heavy atom. The van der Waals surface area contributed by atoms with Gasteiger partial charge < -0.3 is 28.9 Å². The lowest BCUT2D eigenvalue weighted by molar-refractivity contribution is -0.201. The van der Waals surface area contributed by atoms with Gasteiger partial charge in [-0.05, 0) is 92.6 Å². The van der Waals surface area contributed by atoms with Gasteiger partial charge in [0.1, 0.15) is 18.3 Å². The largest absolute Gasteiger partial charge is 0.479 e. The molecule has 17 nitrogen and oxygen atoms in total. The first-order valence-electron chi connectivity index (χ1n) is 20.9. The SMILES string of the molecule is CC(=O)[C@H](C)OCCS.CC(=O)[C@H](C)OCCSC1CC(=O)N(CC2CCC(C(=O)ON3C(=O)CCC3=O)CC2)C1=O.CSSCCO[C@@H](C)C(=O)O.CSSCCO[C@@H](C)C(C)=O. The van der Waals surface area contributed by atoms with Crippen LogP contribution in [0.4, 0.5) is 0 Å². The average molecular weight is 1020 g/mol. The smallest absolute Gasteiger partial charge is 0.336 e. The van der Waals surface area contributed by atoms with Crippen LogP contribution in [0.25, 0.3) is 0 Å². The number of amides is 4. The number of thioether (sulfide) groups is 1. The fourth-order valence-corrected chi connectivity index (χ4v) is 8.57. The molecule has 0 aromatic rings. The number of nitrogens with zero attached hydrogens (tertiary/aromatic N) is 2. The molecule has 0 aromatic heterocycles. The van der Waals surface area contributed by atoms with E-state index in [1.165, 1.54) is 37.4 Å². The number of ether oxygens (including phenoxy) is 4. The van der Waals surface area contributed by atoms with Crippen molar-refractivity contribution >= 4 is 120 Å². The van der Waals surface area contributed by atoms with Gasteiger partial charge in [-0.25, -0.2) is 9.59 Å². The molecule has 0 radical (unpaired) electrons. The molecule has 0 bridgehead atoms. The molecule has 4 amide bonds. The van der Waals surface area contributed by atoms with Crippen molar-refractivity contribution in [2.75, 3.05) is 68.5 Å². The molecule has 3 rings (SSSR count). The van der Waals surface area contributed by atoms with Crippen molar-refractivity contribution in [1.82, 2.24) is 9.96 Å². The Bertz CT molecular complexity index is 1440. The number of ketones is 3.